The molecular weight excluding hydrogens is 476 g/mol. The quantitative estimate of drug-likeness (QED) is 0.127. The van der Waals surface area contributed by atoms with Crippen molar-refractivity contribution in [3.05, 3.63) is 78.4 Å². The fraction of sp³-hybridized carbons (Fsp3) is 0.345. The molecule has 0 spiro atoms. The van der Waals surface area contributed by atoms with Crippen molar-refractivity contribution in [3.63, 3.8) is 0 Å². The van der Waals surface area contributed by atoms with Gasteiger partial charge in [-0.2, -0.15) is 0 Å². The van der Waals surface area contributed by atoms with Gasteiger partial charge in [-0.25, -0.2) is 14.4 Å². The molecule has 0 saturated heterocycles. The summed E-state index contributed by atoms with van der Waals surface area (Å²) >= 11 is 0. The van der Waals surface area contributed by atoms with Crippen LogP contribution in [0.3, 0.4) is 0 Å². The number of unbranched alkanes of at least 4 members (excludes halogenated alkanes) is 3. The number of esters is 3. The molecule has 2 aromatic rings. The van der Waals surface area contributed by atoms with E-state index in [1.165, 1.54) is 0 Å². The van der Waals surface area contributed by atoms with Crippen LogP contribution >= 0.6 is 0 Å². The van der Waals surface area contributed by atoms with Crippen molar-refractivity contribution >= 4 is 17.9 Å². The second-order valence-corrected chi connectivity index (χ2v) is 8.33. The molecule has 0 bridgehead atoms. The summed E-state index contributed by atoms with van der Waals surface area (Å²) in [6.07, 6.45) is 3.58. The first-order chi connectivity index (χ1) is 17.8. The molecular formula is C29H34O8. The van der Waals surface area contributed by atoms with E-state index in [9.17, 15) is 14.4 Å². The molecule has 8 heteroatoms. The number of carbonyl (C=O) groups excluding carboxylic acids is 3. The number of ether oxygens (including phenoxy) is 5. The molecule has 0 aliphatic carbocycles. The minimum absolute atomic E-state index is 0.108. The molecule has 0 N–H and O–H groups in total. The molecule has 0 unspecified atom stereocenters. The summed E-state index contributed by atoms with van der Waals surface area (Å²) in [6, 6.07) is 13.3. The highest BCUT2D eigenvalue weighted by Crippen LogP contribution is 2.20. The highest BCUT2D eigenvalue weighted by molar-refractivity contribution is 5.91. The van der Waals surface area contributed by atoms with E-state index in [2.05, 4.69) is 13.2 Å². The number of carbonyl (C=O) groups is 3. The van der Waals surface area contributed by atoms with Gasteiger partial charge in [-0.3, -0.25) is 0 Å². The number of rotatable bonds is 16. The van der Waals surface area contributed by atoms with Crippen LogP contribution in [0.1, 0.15) is 49.9 Å². The minimum Gasteiger partial charge on any atom is -0.494 e. The number of hydrogen-bond donors (Lipinski definition) is 0. The summed E-state index contributed by atoms with van der Waals surface area (Å²) < 4.78 is 26.6. The van der Waals surface area contributed by atoms with Crippen LogP contribution in [0.25, 0.3) is 0 Å². The zero-order chi connectivity index (χ0) is 27.0. The minimum atomic E-state index is -0.487. The fourth-order valence-electron chi connectivity index (χ4n) is 2.91. The van der Waals surface area contributed by atoms with E-state index in [0.717, 1.165) is 25.7 Å². The Morgan fingerprint density at radius 1 is 0.595 bits per heavy atom. The van der Waals surface area contributed by atoms with E-state index in [-0.39, 0.29) is 19.2 Å². The molecule has 2 aromatic carbocycles. The normalized spacial score (nSPS) is 10.2. The van der Waals surface area contributed by atoms with Gasteiger partial charge in [0.2, 0.25) is 0 Å². The Balaban J connectivity index is 1.64. The Labute approximate surface area is 217 Å². The number of hydrogen-bond acceptors (Lipinski definition) is 8. The highest BCUT2D eigenvalue weighted by atomic mass is 16.6. The molecule has 0 atom stereocenters. The molecule has 0 saturated carbocycles. The van der Waals surface area contributed by atoms with Gasteiger partial charge < -0.3 is 23.7 Å². The Hall–Kier alpha value is -4.07. The maximum atomic E-state index is 12.4. The molecule has 8 nitrogen and oxygen atoms in total. The first-order valence-corrected chi connectivity index (χ1v) is 12.1. The zero-order valence-corrected chi connectivity index (χ0v) is 21.5. The first kappa shape index (κ1) is 29.2. The van der Waals surface area contributed by atoms with Gasteiger partial charge in [0.05, 0.1) is 18.8 Å². The lowest BCUT2D eigenvalue weighted by Gasteiger charge is -2.09. The van der Waals surface area contributed by atoms with E-state index in [0.29, 0.717) is 47.2 Å². The van der Waals surface area contributed by atoms with E-state index in [1.807, 2.05) is 0 Å². The second kappa shape index (κ2) is 15.8. The fourth-order valence-corrected chi connectivity index (χ4v) is 2.91. The van der Waals surface area contributed by atoms with Gasteiger partial charge in [0, 0.05) is 11.1 Å². The Bertz CT molecular complexity index is 1050. The predicted octanol–water partition coefficient (Wildman–Crippen LogP) is 5.46. The zero-order valence-electron chi connectivity index (χ0n) is 21.5. The van der Waals surface area contributed by atoms with Gasteiger partial charge in [0.25, 0.3) is 0 Å². The van der Waals surface area contributed by atoms with Crippen LogP contribution in [0.4, 0.5) is 0 Å². The Morgan fingerprint density at radius 2 is 1.05 bits per heavy atom. The summed E-state index contributed by atoms with van der Waals surface area (Å²) in [5.74, 6) is 0.301. The molecule has 2 rings (SSSR count). The molecule has 0 aromatic heterocycles. The Kier molecular flexibility index (Phi) is 12.5. The van der Waals surface area contributed by atoms with Gasteiger partial charge in [0.15, 0.2) is 0 Å². The van der Waals surface area contributed by atoms with Crippen molar-refractivity contribution in [1.82, 2.24) is 0 Å². The average Bonchev–Trinajstić information content (AvgIpc) is 2.88. The average molecular weight is 511 g/mol. The summed E-state index contributed by atoms with van der Waals surface area (Å²) in [5.41, 5.74) is 1.14. The molecule has 0 heterocycles. The topological polar surface area (TPSA) is 97.4 Å². The molecule has 0 fully saturated rings. The van der Waals surface area contributed by atoms with E-state index in [4.69, 9.17) is 23.7 Å². The molecule has 0 amide bonds. The Morgan fingerprint density at radius 3 is 1.62 bits per heavy atom. The molecule has 0 radical (unpaired) electrons. The lowest BCUT2D eigenvalue weighted by Crippen LogP contribution is -2.12. The van der Waals surface area contributed by atoms with Crippen molar-refractivity contribution in [2.24, 2.45) is 0 Å². The van der Waals surface area contributed by atoms with Gasteiger partial charge >= 0.3 is 17.9 Å². The molecule has 0 aliphatic heterocycles. The van der Waals surface area contributed by atoms with E-state index >= 15 is 0 Å². The van der Waals surface area contributed by atoms with Crippen molar-refractivity contribution in [1.29, 1.82) is 0 Å². The summed E-state index contributed by atoms with van der Waals surface area (Å²) in [5, 5.41) is 0. The van der Waals surface area contributed by atoms with Crippen molar-refractivity contribution in [2.45, 2.75) is 39.5 Å². The monoisotopic (exact) mass is 510 g/mol. The first-order valence-electron chi connectivity index (χ1n) is 12.1. The van der Waals surface area contributed by atoms with Gasteiger partial charge in [0.1, 0.15) is 30.5 Å². The molecule has 37 heavy (non-hydrogen) atoms. The van der Waals surface area contributed by atoms with E-state index in [1.54, 1.807) is 62.4 Å². The van der Waals surface area contributed by atoms with Crippen molar-refractivity contribution in [2.75, 3.05) is 26.4 Å². The van der Waals surface area contributed by atoms with Crippen LogP contribution in [0, 0.1) is 0 Å². The molecule has 0 aliphatic rings. The van der Waals surface area contributed by atoms with Gasteiger partial charge in [-0.1, -0.05) is 13.2 Å². The lowest BCUT2D eigenvalue weighted by atomic mass is 10.2. The van der Waals surface area contributed by atoms with Gasteiger partial charge in [-0.15, -0.1) is 0 Å². The summed E-state index contributed by atoms with van der Waals surface area (Å²) in [6.45, 7) is 11.5. The maximum Gasteiger partial charge on any atom is 0.343 e. The van der Waals surface area contributed by atoms with Crippen molar-refractivity contribution < 1.29 is 38.1 Å². The van der Waals surface area contributed by atoms with E-state index < -0.39 is 11.9 Å². The standard InChI is InChI=1S/C29H34O8/c1-21(2)27(30)35-18-8-6-5-7-17-33-24-11-9-23(10-12-24)29(32)37-26-15-13-25(14-16-26)34-19-20-36-28(31)22(3)4/h9-16H,1,3,5-8,17-20H2,2,4H3. The third-order valence-electron chi connectivity index (χ3n) is 4.95. The second-order valence-electron chi connectivity index (χ2n) is 8.33. The maximum absolute atomic E-state index is 12.4. The predicted molar refractivity (Wildman–Crippen MR) is 139 cm³/mol. The highest BCUT2D eigenvalue weighted by Gasteiger charge is 2.10. The largest absolute Gasteiger partial charge is 0.494 e. The van der Waals surface area contributed by atoms with Gasteiger partial charge in [-0.05, 0) is 88.1 Å². The van der Waals surface area contributed by atoms with Crippen LogP contribution in [0.15, 0.2) is 72.8 Å². The third kappa shape index (κ3) is 11.5. The van der Waals surface area contributed by atoms with Crippen LogP contribution in [-0.4, -0.2) is 44.3 Å². The summed E-state index contributed by atoms with van der Waals surface area (Å²) in [4.78, 5) is 35.0. The van der Waals surface area contributed by atoms with Crippen LogP contribution in [0.5, 0.6) is 17.2 Å². The third-order valence-corrected chi connectivity index (χ3v) is 4.95. The van der Waals surface area contributed by atoms with Crippen molar-refractivity contribution in [3.8, 4) is 17.2 Å². The summed E-state index contributed by atoms with van der Waals surface area (Å²) in [7, 11) is 0. The SMILES string of the molecule is C=C(C)C(=O)OCCCCCCOc1ccc(C(=O)Oc2ccc(OCCOC(=O)C(=C)C)cc2)cc1. The number of benzene rings is 2. The van der Waals surface area contributed by atoms with Crippen LogP contribution < -0.4 is 14.2 Å². The lowest BCUT2D eigenvalue weighted by molar-refractivity contribution is -0.140. The smallest absolute Gasteiger partial charge is 0.343 e. The molecule has 198 valence electrons. The van der Waals surface area contributed by atoms with Crippen LogP contribution in [-0.2, 0) is 19.1 Å². The van der Waals surface area contributed by atoms with Crippen LogP contribution in [0.2, 0.25) is 0 Å².